The van der Waals surface area contributed by atoms with Crippen LogP contribution < -0.4 is 5.56 Å². The van der Waals surface area contributed by atoms with Crippen molar-refractivity contribution in [3.63, 3.8) is 0 Å². The highest BCUT2D eigenvalue weighted by Gasteiger charge is 2.17. The Morgan fingerprint density at radius 2 is 1.97 bits per heavy atom. The summed E-state index contributed by atoms with van der Waals surface area (Å²) in [6, 6.07) is 15.4. The van der Waals surface area contributed by atoms with Crippen LogP contribution in [0.15, 0.2) is 73.8 Å². The number of hydrogen-bond acceptors (Lipinski definition) is 7. The molecular formula is C23H18N4O2S2. The fraction of sp³-hybridized carbons (Fsp3) is 0.130. The minimum Gasteiger partial charge on any atom is -0.334 e. The normalized spacial score (nSPS) is 11.3. The second kappa shape index (κ2) is 8.13. The summed E-state index contributed by atoms with van der Waals surface area (Å²) >= 11 is 2.99. The van der Waals surface area contributed by atoms with Crippen LogP contribution in [0.5, 0.6) is 0 Å². The summed E-state index contributed by atoms with van der Waals surface area (Å²) in [4.78, 5) is 22.7. The van der Waals surface area contributed by atoms with E-state index in [1.807, 2.05) is 67.1 Å². The van der Waals surface area contributed by atoms with E-state index in [9.17, 15) is 4.79 Å². The molecule has 5 aromatic rings. The van der Waals surface area contributed by atoms with E-state index >= 15 is 0 Å². The summed E-state index contributed by atoms with van der Waals surface area (Å²) in [7, 11) is 0. The minimum atomic E-state index is -0.0906. The van der Waals surface area contributed by atoms with Gasteiger partial charge in [-0.1, -0.05) is 46.7 Å². The van der Waals surface area contributed by atoms with Gasteiger partial charge in [0.05, 0.1) is 27.9 Å². The van der Waals surface area contributed by atoms with Crippen molar-refractivity contribution in [1.82, 2.24) is 19.7 Å². The van der Waals surface area contributed by atoms with Crippen LogP contribution in [0.25, 0.3) is 28.0 Å². The third-order valence-electron chi connectivity index (χ3n) is 4.90. The SMILES string of the molecule is Cc1ccc(-n2c(SCc3noc(-c4ccsc4)n3)nc3ccccc3c2=O)c(C)c1. The number of fused-ring (bicyclic) bond motifs is 1. The van der Waals surface area contributed by atoms with Crippen LogP contribution in [0.1, 0.15) is 17.0 Å². The molecular weight excluding hydrogens is 428 g/mol. The zero-order chi connectivity index (χ0) is 21.4. The van der Waals surface area contributed by atoms with Crippen LogP contribution in [0.2, 0.25) is 0 Å². The second-order valence-electron chi connectivity index (χ2n) is 7.16. The Morgan fingerprint density at radius 1 is 1.10 bits per heavy atom. The first-order valence-corrected chi connectivity index (χ1v) is 11.6. The molecule has 3 heterocycles. The number of nitrogens with zero attached hydrogens (tertiary/aromatic N) is 4. The first-order chi connectivity index (χ1) is 15.1. The van der Waals surface area contributed by atoms with Gasteiger partial charge in [0.25, 0.3) is 11.4 Å². The van der Waals surface area contributed by atoms with Crippen molar-refractivity contribution in [1.29, 1.82) is 0 Å². The van der Waals surface area contributed by atoms with Crippen molar-refractivity contribution in [2.75, 3.05) is 0 Å². The largest absolute Gasteiger partial charge is 0.334 e. The monoisotopic (exact) mass is 446 g/mol. The predicted molar refractivity (Wildman–Crippen MR) is 124 cm³/mol. The Labute approximate surface area is 186 Å². The van der Waals surface area contributed by atoms with Gasteiger partial charge < -0.3 is 4.52 Å². The quantitative estimate of drug-likeness (QED) is 0.266. The molecule has 6 nitrogen and oxygen atoms in total. The Morgan fingerprint density at radius 3 is 2.77 bits per heavy atom. The summed E-state index contributed by atoms with van der Waals surface area (Å²) < 4.78 is 7.06. The van der Waals surface area contributed by atoms with E-state index in [1.165, 1.54) is 11.8 Å². The Kier molecular flexibility index (Phi) is 5.17. The van der Waals surface area contributed by atoms with Gasteiger partial charge in [-0.05, 0) is 49.1 Å². The van der Waals surface area contributed by atoms with Crippen molar-refractivity contribution in [3.8, 4) is 17.1 Å². The number of thiophene rings is 1. The molecule has 0 unspecified atom stereocenters. The summed E-state index contributed by atoms with van der Waals surface area (Å²) in [5, 5.41) is 9.20. The van der Waals surface area contributed by atoms with Crippen LogP contribution >= 0.6 is 23.1 Å². The highest BCUT2D eigenvalue weighted by atomic mass is 32.2. The number of hydrogen-bond donors (Lipinski definition) is 0. The van der Waals surface area contributed by atoms with Gasteiger partial charge in [-0.2, -0.15) is 16.3 Å². The molecule has 0 saturated carbocycles. The lowest BCUT2D eigenvalue weighted by atomic mass is 10.1. The van der Waals surface area contributed by atoms with E-state index in [0.717, 1.165) is 22.4 Å². The van der Waals surface area contributed by atoms with E-state index in [2.05, 4.69) is 16.2 Å². The lowest BCUT2D eigenvalue weighted by molar-refractivity contribution is 0.425. The molecule has 0 atom stereocenters. The van der Waals surface area contributed by atoms with Crippen molar-refractivity contribution in [2.24, 2.45) is 0 Å². The summed E-state index contributed by atoms with van der Waals surface area (Å²) in [6.45, 7) is 4.04. The van der Waals surface area contributed by atoms with Crippen LogP contribution in [-0.4, -0.2) is 19.7 Å². The number of aromatic nitrogens is 4. The average Bonchev–Trinajstić information content (AvgIpc) is 3.45. The van der Waals surface area contributed by atoms with Gasteiger partial charge in [-0.25, -0.2) is 4.98 Å². The minimum absolute atomic E-state index is 0.0906. The van der Waals surface area contributed by atoms with Crippen LogP contribution in [0.3, 0.4) is 0 Å². The van der Waals surface area contributed by atoms with E-state index in [-0.39, 0.29) is 5.56 Å². The maximum absolute atomic E-state index is 13.4. The highest BCUT2D eigenvalue weighted by Crippen LogP contribution is 2.27. The number of aryl methyl sites for hydroxylation is 2. The average molecular weight is 447 g/mol. The summed E-state index contributed by atoms with van der Waals surface area (Å²) in [5.74, 6) is 1.49. The lowest BCUT2D eigenvalue weighted by Gasteiger charge is -2.15. The van der Waals surface area contributed by atoms with Crippen molar-refractivity contribution in [3.05, 3.63) is 86.6 Å². The Bertz CT molecular complexity index is 1440. The molecule has 3 aromatic heterocycles. The number of rotatable bonds is 5. The van der Waals surface area contributed by atoms with E-state index < -0.39 is 0 Å². The second-order valence-corrected chi connectivity index (χ2v) is 8.88. The van der Waals surface area contributed by atoms with E-state index in [1.54, 1.807) is 15.9 Å². The Hall–Kier alpha value is -3.23. The van der Waals surface area contributed by atoms with Crippen molar-refractivity contribution >= 4 is 34.0 Å². The molecule has 0 bridgehead atoms. The zero-order valence-corrected chi connectivity index (χ0v) is 18.5. The van der Waals surface area contributed by atoms with Crippen molar-refractivity contribution in [2.45, 2.75) is 24.8 Å². The van der Waals surface area contributed by atoms with E-state index in [0.29, 0.717) is 33.5 Å². The summed E-state index contributed by atoms with van der Waals surface area (Å²) in [6.07, 6.45) is 0. The van der Waals surface area contributed by atoms with Crippen molar-refractivity contribution < 1.29 is 4.52 Å². The third kappa shape index (κ3) is 3.80. The van der Waals surface area contributed by atoms with Crippen LogP contribution in [-0.2, 0) is 5.75 Å². The smallest absolute Gasteiger partial charge is 0.266 e. The van der Waals surface area contributed by atoms with Gasteiger partial charge in [0.1, 0.15) is 0 Å². The number of benzene rings is 2. The number of para-hydroxylation sites is 1. The molecule has 31 heavy (non-hydrogen) atoms. The maximum atomic E-state index is 13.4. The molecule has 0 radical (unpaired) electrons. The molecule has 0 amide bonds. The third-order valence-corrected chi connectivity index (χ3v) is 6.52. The molecule has 0 N–H and O–H groups in total. The topological polar surface area (TPSA) is 73.8 Å². The van der Waals surface area contributed by atoms with Crippen LogP contribution in [0, 0.1) is 13.8 Å². The van der Waals surface area contributed by atoms with Gasteiger partial charge in [-0.3, -0.25) is 9.36 Å². The standard InChI is InChI=1S/C23H18N4O2S2/c1-14-7-8-19(15(2)11-14)27-22(28)17-5-3-4-6-18(17)24-23(27)31-13-20-25-21(29-26-20)16-9-10-30-12-16/h3-12H,13H2,1-2H3. The Balaban J connectivity index is 1.56. The summed E-state index contributed by atoms with van der Waals surface area (Å²) in [5.41, 5.74) is 4.47. The van der Waals surface area contributed by atoms with Gasteiger partial charge in [0, 0.05) is 5.38 Å². The lowest BCUT2D eigenvalue weighted by Crippen LogP contribution is -2.22. The van der Waals surface area contributed by atoms with E-state index in [4.69, 9.17) is 9.51 Å². The predicted octanol–water partition coefficient (Wildman–Crippen LogP) is 5.41. The molecule has 0 aliphatic rings. The zero-order valence-electron chi connectivity index (χ0n) is 16.9. The van der Waals surface area contributed by atoms with Gasteiger partial charge in [0.2, 0.25) is 0 Å². The van der Waals surface area contributed by atoms with Crippen LogP contribution in [0.4, 0.5) is 0 Å². The molecule has 5 rings (SSSR count). The fourth-order valence-electron chi connectivity index (χ4n) is 3.42. The van der Waals surface area contributed by atoms with Gasteiger partial charge >= 0.3 is 0 Å². The molecule has 2 aromatic carbocycles. The molecule has 0 aliphatic carbocycles. The molecule has 0 spiro atoms. The maximum Gasteiger partial charge on any atom is 0.266 e. The molecule has 0 fully saturated rings. The van der Waals surface area contributed by atoms with Gasteiger partial charge in [-0.15, -0.1) is 0 Å². The molecule has 0 saturated heterocycles. The first kappa shape index (κ1) is 19.7. The first-order valence-electron chi connectivity index (χ1n) is 9.67. The fourth-order valence-corrected chi connectivity index (χ4v) is 4.90. The molecule has 8 heteroatoms. The van der Waals surface area contributed by atoms with Gasteiger partial charge in [0.15, 0.2) is 11.0 Å². The molecule has 154 valence electrons. The molecule has 0 aliphatic heterocycles. The highest BCUT2D eigenvalue weighted by molar-refractivity contribution is 7.98. The number of thioether (sulfide) groups is 1.